The normalized spacial score (nSPS) is 15.3. The highest BCUT2D eigenvalue weighted by atomic mass is 35.5. The van der Waals surface area contributed by atoms with Crippen LogP contribution in [0.3, 0.4) is 0 Å². The molecule has 6 heteroatoms. The number of aliphatic hydroxyl groups is 1. The predicted octanol–water partition coefficient (Wildman–Crippen LogP) is 7.94. The first-order valence-electron chi connectivity index (χ1n) is 12.8. The van der Waals surface area contributed by atoms with Gasteiger partial charge in [-0.25, -0.2) is 0 Å². The summed E-state index contributed by atoms with van der Waals surface area (Å²) in [6.07, 6.45) is 3.93. The van der Waals surface area contributed by atoms with Crippen LogP contribution < -0.4 is 5.32 Å². The number of anilines is 1. The number of carboxylic acid groups (broad SMARTS) is 1. The first-order valence-corrected chi connectivity index (χ1v) is 14.2. The van der Waals surface area contributed by atoms with Gasteiger partial charge in [0.25, 0.3) is 0 Å². The van der Waals surface area contributed by atoms with E-state index in [1.807, 2.05) is 69.1 Å². The van der Waals surface area contributed by atoms with E-state index in [-0.39, 0.29) is 17.1 Å². The third-order valence-corrected chi connectivity index (χ3v) is 9.17. The molecule has 3 aromatic rings. The molecule has 0 aliphatic heterocycles. The number of thioether (sulfide) groups is 1. The van der Waals surface area contributed by atoms with Gasteiger partial charge in [0.2, 0.25) is 0 Å². The molecule has 1 aliphatic carbocycles. The van der Waals surface area contributed by atoms with E-state index >= 15 is 0 Å². The van der Waals surface area contributed by atoms with Crippen molar-refractivity contribution >= 4 is 35.0 Å². The number of carboxylic acids is 1. The van der Waals surface area contributed by atoms with Gasteiger partial charge < -0.3 is 15.5 Å². The third kappa shape index (κ3) is 7.10. The first kappa shape index (κ1) is 27.6. The van der Waals surface area contributed by atoms with Gasteiger partial charge in [0.15, 0.2) is 0 Å². The number of carbonyl (C=O) groups is 1. The van der Waals surface area contributed by atoms with E-state index in [0.717, 1.165) is 59.4 Å². The molecule has 4 nitrogen and oxygen atoms in total. The van der Waals surface area contributed by atoms with Gasteiger partial charge in [-0.1, -0.05) is 60.1 Å². The largest absolute Gasteiger partial charge is 0.481 e. The van der Waals surface area contributed by atoms with Crippen molar-refractivity contribution in [1.29, 1.82) is 0 Å². The van der Waals surface area contributed by atoms with Gasteiger partial charge in [-0.3, -0.25) is 4.79 Å². The van der Waals surface area contributed by atoms with Crippen molar-refractivity contribution in [3.63, 3.8) is 0 Å². The number of rotatable bonds is 12. The Morgan fingerprint density at radius 3 is 2.54 bits per heavy atom. The number of halogens is 1. The van der Waals surface area contributed by atoms with Gasteiger partial charge in [-0.15, -0.1) is 0 Å². The molecular weight excluding hydrogens is 502 g/mol. The fraction of sp³-hybridized carbons (Fsp3) is 0.387. The summed E-state index contributed by atoms with van der Waals surface area (Å²) in [5.74, 6) is 0.127. The highest BCUT2D eigenvalue weighted by molar-refractivity contribution is 7.99. The van der Waals surface area contributed by atoms with Gasteiger partial charge in [0.1, 0.15) is 0 Å². The maximum absolute atomic E-state index is 11.4. The van der Waals surface area contributed by atoms with Crippen molar-refractivity contribution < 1.29 is 15.0 Å². The molecule has 0 spiro atoms. The summed E-state index contributed by atoms with van der Waals surface area (Å²) in [6.45, 7) is 3.66. The third-order valence-electron chi connectivity index (χ3n) is 7.25. The minimum absolute atomic E-state index is 0.0766. The molecule has 0 unspecified atom stereocenters. The Bertz CT molecular complexity index is 1250. The molecule has 0 saturated heterocycles. The average molecular weight is 538 g/mol. The minimum Gasteiger partial charge on any atom is -0.481 e. The quantitative estimate of drug-likeness (QED) is 0.219. The van der Waals surface area contributed by atoms with Crippen LogP contribution in [0, 0.1) is 5.41 Å². The van der Waals surface area contributed by atoms with Crippen LogP contribution >= 0.6 is 23.4 Å². The summed E-state index contributed by atoms with van der Waals surface area (Å²) in [5, 5.41) is 24.3. The van der Waals surface area contributed by atoms with E-state index in [4.69, 9.17) is 11.6 Å². The summed E-state index contributed by atoms with van der Waals surface area (Å²) in [5.41, 5.74) is 5.54. The van der Waals surface area contributed by atoms with E-state index in [1.165, 1.54) is 5.56 Å². The molecule has 3 N–H and O–H groups in total. The zero-order valence-electron chi connectivity index (χ0n) is 21.8. The molecule has 0 amide bonds. The molecule has 1 fully saturated rings. The van der Waals surface area contributed by atoms with E-state index in [9.17, 15) is 15.0 Å². The van der Waals surface area contributed by atoms with E-state index in [0.29, 0.717) is 5.02 Å². The molecule has 0 bridgehead atoms. The molecular formula is C31H36ClNO3S. The number of hydrogen-bond donors (Lipinski definition) is 3. The molecule has 0 aromatic heterocycles. The number of aryl methyl sites for hydroxylation is 1. The summed E-state index contributed by atoms with van der Waals surface area (Å²) >= 11 is 8.10. The lowest BCUT2D eigenvalue weighted by Gasteiger charge is -2.24. The Balaban J connectivity index is 1.62. The van der Waals surface area contributed by atoms with Crippen LogP contribution in [-0.2, 0) is 16.8 Å². The SMILES string of the molecule is CNc1cc(Cl)ccc1-c1cccc([C@@H](CCc2ccccc2C(C)(C)O)SCC2(CC(=O)O)CC2)c1. The molecule has 37 heavy (non-hydrogen) atoms. The molecule has 4 rings (SSSR count). The summed E-state index contributed by atoms with van der Waals surface area (Å²) < 4.78 is 0. The first-order chi connectivity index (χ1) is 17.6. The second kappa shape index (κ2) is 11.5. The van der Waals surface area contributed by atoms with Crippen LogP contribution in [0.1, 0.15) is 61.5 Å². The second-order valence-electron chi connectivity index (χ2n) is 10.7. The van der Waals surface area contributed by atoms with E-state index < -0.39 is 11.6 Å². The zero-order chi connectivity index (χ0) is 26.6. The number of aliphatic carboxylic acids is 1. The molecule has 1 saturated carbocycles. The Morgan fingerprint density at radius 1 is 1.11 bits per heavy atom. The lowest BCUT2D eigenvalue weighted by molar-refractivity contribution is -0.138. The lowest BCUT2D eigenvalue weighted by Crippen LogP contribution is -2.18. The monoisotopic (exact) mass is 537 g/mol. The van der Waals surface area contributed by atoms with Gasteiger partial charge in [-0.2, -0.15) is 11.8 Å². The van der Waals surface area contributed by atoms with Crippen molar-refractivity contribution in [1.82, 2.24) is 0 Å². The predicted molar refractivity (Wildman–Crippen MR) is 156 cm³/mol. The molecule has 1 atom stereocenters. The van der Waals surface area contributed by atoms with Crippen LogP contribution in [0.4, 0.5) is 5.69 Å². The van der Waals surface area contributed by atoms with Crippen molar-refractivity contribution in [2.24, 2.45) is 5.41 Å². The molecule has 1 aliphatic rings. The Morgan fingerprint density at radius 2 is 1.86 bits per heavy atom. The maximum atomic E-state index is 11.4. The van der Waals surface area contributed by atoms with Crippen LogP contribution in [0.5, 0.6) is 0 Å². The lowest BCUT2D eigenvalue weighted by atomic mass is 9.90. The van der Waals surface area contributed by atoms with E-state index in [1.54, 1.807) is 0 Å². The van der Waals surface area contributed by atoms with Crippen LogP contribution in [0.25, 0.3) is 11.1 Å². The van der Waals surface area contributed by atoms with Gasteiger partial charge >= 0.3 is 5.97 Å². The highest BCUT2D eigenvalue weighted by Gasteiger charge is 2.44. The molecule has 0 radical (unpaired) electrons. The van der Waals surface area contributed by atoms with Gasteiger partial charge in [0, 0.05) is 34.3 Å². The Labute approximate surface area is 229 Å². The average Bonchev–Trinajstić information content (AvgIpc) is 3.62. The number of benzene rings is 3. The van der Waals surface area contributed by atoms with Crippen molar-refractivity contribution in [2.45, 2.75) is 56.8 Å². The smallest absolute Gasteiger partial charge is 0.303 e. The fourth-order valence-electron chi connectivity index (χ4n) is 5.00. The van der Waals surface area contributed by atoms with Gasteiger partial charge in [-0.05, 0) is 85.4 Å². The van der Waals surface area contributed by atoms with Gasteiger partial charge in [0.05, 0.1) is 12.0 Å². The van der Waals surface area contributed by atoms with E-state index in [2.05, 4.69) is 35.6 Å². The minimum atomic E-state index is -0.906. The zero-order valence-corrected chi connectivity index (χ0v) is 23.3. The van der Waals surface area contributed by atoms with Crippen LogP contribution in [0.2, 0.25) is 5.02 Å². The standard InChI is InChI=1S/C31H36ClNO3S/c1-30(2,36)26-10-5-4-7-21(26)11-14-28(37-20-31(15-16-31)19-29(34)35)23-9-6-8-22(17-23)25-13-12-24(32)18-27(25)33-3/h4-10,12-13,17-18,28,33,36H,11,14-16,19-20H2,1-3H3,(H,34,35)/t28-/m1/s1. The maximum Gasteiger partial charge on any atom is 0.303 e. The Kier molecular flexibility index (Phi) is 8.57. The van der Waals surface area contributed by atoms with Crippen LogP contribution in [-0.4, -0.2) is 29.0 Å². The van der Waals surface area contributed by atoms with Crippen molar-refractivity contribution in [3.05, 3.63) is 88.4 Å². The molecule has 0 heterocycles. The molecule has 196 valence electrons. The van der Waals surface area contributed by atoms with Crippen molar-refractivity contribution in [2.75, 3.05) is 18.1 Å². The number of hydrogen-bond acceptors (Lipinski definition) is 4. The summed E-state index contributed by atoms with van der Waals surface area (Å²) in [6, 6.07) is 22.6. The van der Waals surface area contributed by atoms with Crippen molar-refractivity contribution in [3.8, 4) is 11.1 Å². The van der Waals surface area contributed by atoms with Crippen LogP contribution in [0.15, 0.2) is 66.7 Å². The Hall–Kier alpha value is -2.47. The molecule has 3 aromatic carbocycles. The highest BCUT2D eigenvalue weighted by Crippen LogP contribution is 2.53. The summed E-state index contributed by atoms with van der Waals surface area (Å²) in [7, 11) is 1.90. The number of nitrogens with one attached hydrogen (secondary N) is 1. The topological polar surface area (TPSA) is 69.6 Å². The summed E-state index contributed by atoms with van der Waals surface area (Å²) in [4.78, 5) is 11.4. The fourth-order valence-corrected chi connectivity index (χ4v) is 6.74. The second-order valence-corrected chi connectivity index (χ2v) is 12.3.